The first kappa shape index (κ1) is 11.8. The maximum absolute atomic E-state index is 12.2. The van der Waals surface area contributed by atoms with Gasteiger partial charge in [-0.2, -0.15) is 13.2 Å². The van der Waals surface area contributed by atoms with Crippen LogP contribution in [0.2, 0.25) is 5.02 Å². The SMILES string of the molecule is N[C@H](c1cc(Br)ccc1Cl)C(F)(F)F. The van der Waals surface area contributed by atoms with E-state index in [1.807, 2.05) is 0 Å². The Hall–Kier alpha value is -0.260. The maximum Gasteiger partial charge on any atom is 0.407 e. The lowest BCUT2D eigenvalue weighted by Gasteiger charge is -2.17. The van der Waals surface area contributed by atoms with Crippen LogP contribution in [0.3, 0.4) is 0 Å². The second-order valence-corrected chi connectivity index (χ2v) is 4.01. The normalized spacial score (nSPS) is 14.1. The van der Waals surface area contributed by atoms with Crippen molar-refractivity contribution in [3.8, 4) is 0 Å². The highest BCUT2D eigenvalue weighted by Crippen LogP contribution is 2.35. The van der Waals surface area contributed by atoms with Gasteiger partial charge in [-0.05, 0) is 23.8 Å². The Balaban J connectivity index is 3.12. The summed E-state index contributed by atoms with van der Waals surface area (Å²) >= 11 is 8.65. The monoisotopic (exact) mass is 287 g/mol. The van der Waals surface area contributed by atoms with Crippen molar-refractivity contribution in [2.45, 2.75) is 12.2 Å². The van der Waals surface area contributed by atoms with Crippen LogP contribution in [0.4, 0.5) is 13.2 Å². The van der Waals surface area contributed by atoms with E-state index in [0.29, 0.717) is 4.47 Å². The predicted octanol–water partition coefficient (Wildman–Crippen LogP) is 3.66. The average Bonchev–Trinajstić information content (AvgIpc) is 2.06. The lowest BCUT2D eigenvalue weighted by molar-refractivity contribution is -0.149. The Labute approximate surface area is 92.2 Å². The van der Waals surface area contributed by atoms with Crippen molar-refractivity contribution in [1.29, 1.82) is 0 Å². The van der Waals surface area contributed by atoms with Crippen LogP contribution in [0.1, 0.15) is 11.6 Å². The molecule has 0 saturated carbocycles. The summed E-state index contributed by atoms with van der Waals surface area (Å²) in [6, 6.07) is 2.13. The Bertz CT molecular complexity index is 340. The minimum atomic E-state index is -4.48. The summed E-state index contributed by atoms with van der Waals surface area (Å²) < 4.78 is 37.3. The van der Waals surface area contributed by atoms with E-state index < -0.39 is 12.2 Å². The quantitative estimate of drug-likeness (QED) is 0.838. The van der Waals surface area contributed by atoms with Crippen molar-refractivity contribution in [2.24, 2.45) is 5.73 Å². The molecule has 0 aromatic heterocycles. The van der Waals surface area contributed by atoms with Gasteiger partial charge in [0.05, 0.1) is 0 Å². The van der Waals surface area contributed by atoms with Crippen LogP contribution in [0.15, 0.2) is 22.7 Å². The van der Waals surface area contributed by atoms with Crippen molar-refractivity contribution < 1.29 is 13.2 Å². The Kier molecular flexibility index (Phi) is 3.44. The molecule has 14 heavy (non-hydrogen) atoms. The molecule has 0 bridgehead atoms. The van der Waals surface area contributed by atoms with Crippen LogP contribution < -0.4 is 5.73 Å². The van der Waals surface area contributed by atoms with Gasteiger partial charge in [0.25, 0.3) is 0 Å². The molecule has 2 N–H and O–H groups in total. The van der Waals surface area contributed by atoms with Gasteiger partial charge in [-0.1, -0.05) is 27.5 Å². The Morgan fingerprint density at radius 1 is 1.36 bits per heavy atom. The molecule has 0 spiro atoms. The van der Waals surface area contributed by atoms with E-state index in [4.69, 9.17) is 17.3 Å². The average molecular weight is 288 g/mol. The number of benzene rings is 1. The van der Waals surface area contributed by atoms with Crippen molar-refractivity contribution in [2.75, 3.05) is 0 Å². The Morgan fingerprint density at radius 3 is 2.43 bits per heavy atom. The molecule has 0 heterocycles. The molecule has 0 saturated heterocycles. The zero-order chi connectivity index (χ0) is 10.9. The van der Waals surface area contributed by atoms with Crippen LogP contribution in [0.25, 0.3) is 0 Å². The molecule has 0 amide bonds. The second-order valence-electron chi connectivity index (χ2n) is 2.69. The van der Waals surface area contributed by atoms with Gasteiger partial charge in [0.15, 0.2) is 0 Å². The molecular formula is C8H6BrClF3N. The number of rotatable bonds is 1. The molecular weight excluding hydrogens is 282 g/mol. The first-order valence-corrected chi connectivity index (χ1v) is 4.76. The fraction of sp³-hybridized carbons (Fsp3) is 0.250. The minimum Gasteiger partial charge on any atom is -0.316 e. The van der Waals surface area contributed by atoms with Crippen molar-refractivity contribution >= 4 is 27.5 Å². The molecule has 0 aliphatic carbocycles. The van der Waals surface area contributed by atoms with Gasteiger partial charge in [-0.25, -0.2) is 0 Å². The molecule has 0 radical (unpaired) electrons. The topological polar surface area (TPSA) is 26.0 Å². The number of hydrogen-bond donors (Lipinski definition) is 1. The highest BCUT2D eigenvalue weighted by atomic mass is 79.9. The standard InChI is InChI=1S/C8H6BrClF3N/c9-4-1-2-6(10)5(3-4)7(14)8(11,12)13/h1-3,7H,14H2/t7-/m1/s1. The van der Waals surface area contributed by atoms with Crippen LogP contribution >= 0.6 is 27.5 Å². The third-order valence-corrected chi connectivity index (χ3v) is 2.48. The molecule has 6 heteroatoms. The molecule has 1 rings (SSSR count). The van der Waals surface area contributed by atoms with Crippen molar-refractivity contribution in [1.82, 2.24) is 0 Å². The first-order chi connectivity index (χ1) is 6.32. The molecule has 0 fully saturated rings. The van der Waals surface area contributed by atoms with E-state index >= 15 is 0 Å². The maximum atomic E-state index is 12.2. The lowest BCUT2D eigenvalue weighted by atomic mass is 10.1. The summed E-state index contributed by atoms with van der Waals surface area (Å²) in [5.41, 5.74) is 4.88. The smallest absolute Gasteiger partial charge is 0.316 e. The van der Waals surface area contributed by atoms with Crippen LogP contribution in [-0.4, -0.2) is 6.18 Å². The largest absolute Gasteiger partial charge is 0.407 e. The number of halogens is 5. The van der Waals surface area contributed by atoms with Gasteiger partial charge in [0.2, 0.25) is 0 Å². The summed E-state index contributed by atoms with van der Waals surface area (Å²) in [5, 5.41) is 0.0121. The van der Waals surface area contributed by atoms with E-state index in [0.717, 1.165) is 0 Å². The van der Waals surface area contributed by atoms with Gasteiger partial charge in [-0.3, -0.25) is 0 Å². The molecule has 1 nitrogen and oxygen atoms in total. The summed E-state index contributed by atoms with van der Waals surface area (Å²) in [6.07, 6.45) is -4.48. The molecule has 0 unspecified atom stereocenters. The van der Waals surface area contributed by atoms with Gasteiger partial charge < -0.3 is 5.73 Å². The van der Waals surface area contributed by atoms with Crippen molar-refractivity contribution in [3.63, 3.8) is 0 Å². The van der Waals surface area contributed by atoms with E-state index in [9.17, 15) is 13.2 Å². The van der Waals surface area contributed by atoms with Gasteiger partial charge in [0.1, 0.15) is 6.04 Å². The van der Waals surface area contributed by atoms with Crippen LogP contribution in [0, 0.1) is 0 Å². The first-order valence-electron chi connectivity index (χ1n) is 3.59. The summed E-state index contributed by atoms with van der Waals surface area (Å²) in [5.74, 6) is 0. The molecule has 0 aliphatic heterocycles. The highest BCUT2D eigenvalue weighted by Gasteiger charge is 2.38. The number of nitrogens with two attached hydrogens (primary N) is 1. The highest BCUT2D eigenvalue weighted by molar-refractivity contribution is 9.10. The van der Waals surface area contributed by atoms with E-state index in [-0.39, 0.29) is 10.6 Å². The van der Waals surface area contributed by atoms with E-state index in [2.05, 4.69) is 15.9 Å². The molecule has 1 aromatic carbocycles. The fourth-order valence-corrected chi connectivity index (χ4v) is 1.54. The number of hydrogen-bond acceptors (Lipinski definition) is 1. The predicted molar refractivity (Wildman–Crippen MR) is 52.1 cm³/mol. The van der Waals surface area contributed by atoms with E-state index in [1.54, 1.807) is 6.07 Å². The molecule has 1 aromatic rings. The van der Waals surface area contributed by atoms with Gasteiger partial charge >= 0.3 is 6.18 Å². The van der Waals surface area contributed by atoms with Crippen LogP contribution in [-0.2, 0) is 0 Å². The minimum absolute atomic E-state index is 0.0121. The third kappa shape index (κ3) is 2.62. The zero-order valence-corrected chi connectivity index (χ0v) is 9.12. The molecule has 1 atom stereocenters. The Morgan fingerprint density at radius 2 is 1.93 bits per heavy atom. The lowest BCUT2D eigenvalue weighted by Crippen LogP contribution is -2.28. The summed E-state index contributed by atoms with van der Waals surface area (Å²) in [4.78, 5) is 0. The molecule has 78 valence electrons. The van der Waals surface area contributed by atoms with Crippen LogP contribution in [0.5, 0.6) is 0 Å². The van der Waals surface area contributed by atoms with Crippen molar-refractivity contribution in [3.05, 3.63) is 33.3 Å². The fourth-order valence-electron chi connectivity index (χ4n) is 0.929. The second kappa shape index (κ2) is 4.08. The van der Waals surface area contributed by atoms with Gasteiger partial charge in [-0.15, -0.1) is 0 Å². The summed E-state index contributed by atoms with van der Waals surface area (Å²) in [7, 11) is 0. The van der Waals surface area contributed by atoms with E-state index in [1.165, 1.54) is 12.1 Å². The molecule has 0 aliphatic rings. The van der Waals surface area contributed by atoms with Gasteiger partial charge in [0, 0.05) is 9.50 Å². The third-order valence-electron chi connectivity index (χ3n) is 1.65. The number of alkyl halides is 3. The summed E-state index contributed by atoms with van der Waals surface area (Å²) in [6.45, 7) is 0. The zero-order valence-electron chi connectivity index (χ0n) is 6.78.